The molecule has 4 nitrogen and oxygen atoms in total. The van der Waals surface area contributed by atoms with E-state index in [9.17, 15) is 9.59 Å². The van der Waals surface area contributed by atoms with Gasteiger partial charge >= 0.3 is 0 Å². The molecular formula is C17H24N2O2. The van der Waals surface area contributed by atoms with Crippen molar-refractivity contribution in [3.05, 3.63) is 35.4 Å². The number of hydrogen-bond donors (Lipinski definition) is 1. The van der Waals surface area contributed by atoms with Crippen molar-refractivity contribution in [2.24, 2.45) is 0 Å². The summed E-state index contributed by atoms with van der Waals surface area (Å²) in [6.07, 6.45) is 4.00. The van der Waals surface area contributed by atoms with Gasteiger partial charge in [-0.1, -0.05) is 19.9 Å². The average molecular weight is 288 g/mol. The summed E-state index contributed by atoms with van der Waals surface area (Å²) in [6, 6.07) is 7.37. The smallest absolute Gasteiger partial charge is 0.253 e. The fourth-order valence-corrected chi connectivity index (χ4v) is 2.33. The number of rotatable bonds is 7. The third-order valence-electron chi connectivity index (χ3n) is 3.56. The number of carbonyl (C=O) groups is 2. The van der Waals surface area contributed by atoms with Crippen LogP contribution in [0.15, 0.2) is 24.3 Å². The summed E-state index contributed by atoms with van der Waals surface area (Å²) in [5.41, 5.74) is 1.17. The molecule has 0 aliphatic heterocycles. The summed E-state index contributed by atoms with van der Waals surface area (Å²) in [4.78, 5) is 26.4. The molecule has 114 valence electrons. The van der Waals surface area contributed by atoms with Crippen LogP contribution in [0.1, 0.15) is 60.2 Å². The first kappa shape index (κ1) is 15.5. The van der Waals surface area contributed by atoms with E-state index in [0.29, 0.717) is 17.2 Å². The minimum absolute atomic E-state index is 0.0137. The van der Waals surface area contributed by atoms with Crippen molar-refractivity contribution in [2.75, 3.05) is 13.1 Å². The van der Waals surface area contributed by atoms with Gasteiger partial charge in [-0.3, -0.25) is 9.59 Å². The molecule has 0 bridgehead atoms. The monoisotopic (exact) mass is 288 g/mol. The van der Waals surface area contributed by atoms with Crippen molar-refractivity contribution in [3.8, 4) is 0 Å². The predicted octanol–water partition coefficient (Wildman–Crippen LogP) is 2.84. The van der Waals surface area contributed by atoms with Crippen LogP contribution in [-0.2, 0) is 0 Å². The number of amides is 2. The van der Waals surface area contributed by atoms with Crippen LogP contribution < -0.4 is 5.32 Å². The van der Waals surface area contributed by atoms with E-state index in [-0.39, 0.29) is 11.8 Å². The molecule has 1 aromatic rings. The lowest BCUT2D eigenvalue weighted by Crippen LogP contribution is -2.33. The summed E-state index contributed by atoms with van der Waals surface area (Å²) in [7, 11) is 0. The SMILES string of the molecule is CCCN(CCC)C(=O)c1cccc(C(=O)NC2CC2)c1. The molecule has 0 spiro atoms. The van der Waals surface area contributed by atoms with Gasteiger partial charge in [-0.25, -0.2) is 0 Å². The quantitative estimate of drug-likeness (QED) is 0.838. The van der Waals surface area contributed by atoms with E-state index in [1.54, 1.807) is 24.3 Å². The Hall–Kier alpha value is -1.84. The maximum atomic E-state index is 12.5. The topological polar surface area (TPSA) is 49.4 Å². The van der Waals surface area contributed by atoms with Crippen LogP contribution in [0.3, 0.4) is 0 Å². The van der Waals surface area contributed by atoms with Gasteiger partial charge < -0.3 is 10.2 Å². The second-order valence-corrected chi connectivity index (χ2v) is 5.62. The molecule has 1 aliphatic rings. The van der Waals surface area contributed by atoms with E-state index in [0.717, 1.165) is 38.8 Å². The van der Waals surface area contributed by atoms with Crippen molar-refractivity contribution in [3.63, 3.8) is 0 Å². The fraction of sp³-hybridized carbons (Fsp3) is 0.529. The molecule has 21 heavy (non-hydrogen) atoms. The standard InChI is InChI=1S/C17H24N2O2/c1-3-10-19(11-4-2)17(21)14-7-5-6-13(12-14)16(20)18-15-8-9-15/h5-7,12,15H,3-4,8-11H2,1-2H3,(H,18,20). The lowest BCUT2D eigenvalue weighted by atomic mass is 10.1. The number of nitrogens with zero attached hydrogens (tertiary/aromatic N) is 1. The second-order valence-electron chi connectivity index (χ2n) is 5.62. The molecular weight excluding hydrogens is 264 g/mol. The Morgan fingerprint density at radius 1 is 1.14 bits per heavy atom. The Labute approximate surface area is 126 Å². The molecule has 1 aromatic carbocycles. The van der Waals surface area contributed by atoms with Gasteiger partial charge in [0.2, 0.25) is 0 Å². The van der Waals surface area contributed by atoms with Gasteiger partial charge in [0, 0.05) is 30.3 Å². The fourth-order valence-electron chi connectivity index (χ4n) is 2.33. The molecule has 0 atom stereocenters. The van der Waals surface area contributed by atoms with Crippen LogP contribution in [0.25, 0.3) is 0 Å². The highest BCUT2D eigenvalue weighted by Crippen LogP contribution is 2.19. The van der Waals surface area contributed by atoms with Crippen molar-refractivity contribution >= 4 is 11.8 Å². The van der Waals surface area contributed by atoms with Gasteiger partial charge in [0.1, 0.15) is 0 Å². The minimum Gasteiger partial charge on any atom is -0.349 e. The van der Waals surface area contributed by atoms with Crippen molar-refractivity contribution < 1.29 is 9.59 Å². The maximum Gasteiger partial charge on any atom is 0.253 e. The molecule has 2 rings (SSSR count). The van der Waals surface area contributed by atoms with Gasteiger partial charge in [0.25, 0.3) is 11.8 Å². The zero-order chi connectivity index (χ0) is 15.2. The molecule has 1 fully saturated rings. The first-order valence-corrected chi connectivity index (χ1v) is 7.86. The highest BCUT2D eigenvalue weighted by atomic mass is 16.2. The summed E-state index contributed by atoms with van der Waals surface area (Å²) < 4.78 is 0. The first-order valence-electron chi connectivity index (χ1n) is 7.86. The van der Waals surface area contributed by atoms with Crippen LogP contribution in [0.4, 0.5) is 0 Å². The molecule has 0 aromatic heterocycles. The van der Waals surface area contributed by atoms with Crippen LogP contribution in [0, 0.1) is 0 Å². The molecule has 1 aliphatic carbocycles. The molecule has 0 unspecified atom stereocenters. The van der Waals surface area contributed by atoms with Crippen LogP contribution in [0.2, 0.25) is 0 Å². The molecule has 2 amide bonds. The zero-order valence-electron chi connectivity index (χ0n) is 12.9. The second kappa shape index (κ2) is 7.25. The zero-order valence-corrected chi connectivity index (χ0v) is 12.9. The lowest BCUT2D eigenvalue weighted by Gasteiger charge is -2.21. The van der Waals surface area contributed by atoms with Gasteiger partial charge in [-0.05, 0) is 43.9 Å². The summed E-state index contributed by atoms with van der Waals surface area (Å²) in [5.74, 6) is -0.0653. The summed E-state index contributed by atoms with van der Waals surface area (Å²) in [6.45, 7) is 5.64. The largest absolute Gasteiger partial charge is 0.349 e. The van der Waals surface area contributed by atoms with Crippen molar-refractivity contribution in [1.82, 2.24) is 10.2 Å². The number of carbonyl (C=O) groups excluding carboxylic acids is 2. The highest BCUT2D eigenvalue weighted by molar-refractivity contribution is 5.99. The van der Waals surface area contributed by atoms with Gasteiger partial charge in [0.15, 0.2) is 0 Å². The van der Waals surface area contributed by atoms with Gasteiger partial charge in [0.05, 0.1) is 0 Å². The first-order chi connectivity index (χ1) is 10.2. The third-order valence-corrected chi connectivity index (χ3v) is 3.56. The Morgan fingerprint density at radius 2 is 1.76 bits per heavy atom. The Morgan fingerprint density at radius 3 is 2.33 bits per heavy atom. The van der Waals surface area contributed by atoms with Gasteiger partial charge in [-0.2, -0.15) is 0 Å². The molecule has 1 N–H and O–H groups in total. The Kier molecular flexibility index (Phi) is 5.37. The van der Waals surface area contributed by atoms with E-state index >= 15 is 0 Å². The van der Waals surface area contributed by atoms with E-state index < -0.39 is 0 Å². The van der Waals surface area contributed by atoms with Crippen LogP contribution >= 0.6 is 0 Å². The maximum absolute atomic E-state index is 12.5. The number of benzene rings is 1. The van der Waals surface area contributed by atoms with Crippen LogP contribution in [0.5, 0.6) is 0 Å². The Balaban J connectivity index is 2.10. The summed E-state index contributed by atoms with van der Waals surface area (Å²) >= 11 is 0. The molecule has 4 heteroatoms. The van der Waals surface area contributed by atoms with E-state index in [1.807, 2.05) is 4.90 Å². The normalized spacial score (nSPS) is 13.8. The third kappa shape index (κ3) is 4.31. The molecule has 0 heterocycles. The van der Waals surface area contributed by atoms with Gasteiger partial charge in [-0.15, -0.1) is 0 Å². The lowest BCUT2D eigenvalue weighted by molar-refractivity contribution is 0.0755. The van der Waals surface area contributed by atoms with E-state index in [1.165, 1.54) is 0 Å². The summed E-state index contributed by atoms with van der Waals surface area (Å²) in [5, 5.41) is 2.95. The van der Waals surface area contributed by atoms with E-state index in [4.69, 9.17) is 0 Å². The average Bonchev–Trinajstić information content (AvgIpc) is 3.30. The van der Waals surface area contributed by atoms with Crippen molar-refractivity contribution in [2.45, 2.75) is 45.6 Å². The predicted molar refractivity (Wildman–Crippen MR) is 83.4 cm³/mol. The minimum atomic E-state index is -0.0790. The number of nitrogens with one attached hydrogen (secondary N) is 1. The Bertz CT molecular complexity index is 503. The highest BCUT2D eigenvalue weighted by Gasteiger charge is 2.24. The molecule has 0 radical (unpaired) electrons. The molecule has 0 saturated heterocycles. The molecule has 1 saturated carbocycles. The van der Waals surface area contributed by atoms with E-state index in [2.05, 4.69) is 19.2 Å². The van der Waals surface area contributed by atoms with Crippen molar-refractivity contribution in [1.29, 1.82) is 0 Å². The van der Waals surface area contributed by atoms with Crippen LogP contribution in [-0.4, -0.2) is 35.8 Å². The number of hydrogen-bond acceptors (Lipinski definition) is 2.